The molecule has 0 spiro atoms. The minimum atomic E-state index is 0.274. The summed E-state index contributed by atoms with van der Waals surface area (Å²) in [6.07, 6.45) is 10.2. The lowest BCUT2D eigenvalue weighted by atomic mass is 10.1. The third-order valence-electron chi connectivity index (χ3n) is 2.91. The lowest BCUT2D eigenvalue weighted by Crippen LogP contribution is -2.11. The largest absolute Gasteiger partial charge is 0.491 e. The summed E-state index contributed by atoms with van der Waals surface area (Å²) in [5.41, 5.74) is 2.16. The van der Waals surface area contributed by atoms with E-state index in [0.29, 0.717) is 0 Å². The van der Waals surface area contributed by atoms with Gasteiger partial charge in [0.1, 0.15) is 5.75 Å². The summed E-state index contributed by atoms with van der Waals surface area (Å²) in [5.74, 6) is 3.64. The normalized spacial score (nSPS) is 11.9. The minimum Gasteiger partial charge on any atom is -0.491 e. The highest BCUT2D eigenvalue weighted by Gasteiger charge is 2.05. The van der Waals surface area contributed by atoms with Crippen LogP contribution in [-0.2, 0) is 6.42 Å². The first-order valence-corrected chi connectivity index (χ1v) is 6.47. The second kappa shape index (κ2) is 7.01. The summed E-state index contributed by atoms with van der Waals surface area (Å²) < 4.78 is 5.89. The second-order valence-corrected chi connectivity index (χ2v) is 4.39. The van der Waals surface area contributed by atoms with Crippen molar-refractivity contribution in [3.05, 3.63) is 29.3 Å². The SMILES string of the molecule is C#Cc1ccc(OC(C)CCCC)cc1CC. The molecular weight excluding hydrogens is 208 g/mol. The van der Waals surface area contributed by atoms with Crippen LogP contribution < -0.4 is 4.74 Å². The zero-order valence-electron chi connectivity index (χ0n) is 11.1. The number of ether oxygens (including phenoxy) is 1. The van der Waals surface area contributed by atoms with E-state index in [1.54, 1.807) is 0 Å². The van der Waals surface area contributed by atoms with E-state index in [-0.39, 0.29) is 6.10 Å². The molecule has 1 unspecified atom stereocenters. The van der Waals surface area contributed by atoms with Crippen LogP contribution in [0.15, 0.2) is 18.2 Å². The van der Waals surface area contributed by atoms with Crippen molar-refractivity contribution in [2.24, 2.45) is 0 Å². The Labute approximate surface area is 105 Å². The standard InChI is InChI=1S/C16H22O/c1-5-8-9-13(4)17-16-11-10-14(6-2)15(7-3)12-16/h2,10-13H,5,7-9H2,1,3-4H3. The molecule has 0 bridgehead atoms. The smallest absolute Gasteiger partial charge is 0.120 e. The van der Waals surface area contributed by atoms with Gasteiger partial charge in [0, 0.05) is 5.56 Å². The quantitative estimate of drug-likeness (QED) is 0.666. The highest BCUT2D eigenvalue weighted by Crippen LogP contribution is 2.20. The van der Waals surface area contributed by atoms with Crippen LogP contribution in [0.1, 0.15) is 51.2 Å². The lowest BCUT2D eigenvalue weighted by Gasteiger charge is -2.15. The van der Waals surface area contributed by atoms with Crippen molar-refractivity contribution < 1.29 is 4.74 Å². The molecule has 0 aliphatic rings. The maximum Gasteiger partial charge on any atom is 0.120 e. The summed E-state index contributed by atoms with van der Waals surface area (Å²) in [6, 6.07) is 6.01. The topological polar surface area (TPSA) is 9.23 Å². The van der Waals surface area contributed by atoms with Crippen molar-refractivity contribution in [3.63, 3.8) is 0 Å². The van der Waals surface area contributed by atoms with Gasteiger partial charge in [0.2, 0.25) is 0 Å². The van der Waals surface area contributed by atoms with Gasteiger partial charge in [-0.2, -0.15) is 0 Å². The third-order valence-corrected chi connectivity index (χ3v) is 2.91. The molecule has 1 rings (SSSR count). The average Bonchev–Trinajstić information content (AvgIpc) is 2.36. The highest BCUT2D eigenvalue weighted by atomic mass is 16.5. The maximum absolute atomic E-state index is 5.89. The zero-order valence-corrected chi connectivity index (χ0v) is 11.1. The van der Waals surface area contributed by atoms with Gasteiger partial charge in [-0.25, -0.2) is 0 Å². The molecule has 1 heteroatoms. The van der Waals surface area contributed by atoms with Crippen molar-refractivity contribution in [2.75, 3.05) is 0 Å². The molecule has 0 saturated carbocycles. The Balaban J connectivity index is 2.69. The first-order chi connectivity index (χ1) is 8.21. The number of unbranched alkanes of at least 4 members (excludes halogenated alkanes) is 1. The summed E-state index contributed by atoms with van der Waals surface area (Å²) >= 11 is 0. The van der Waals surface area contributed by atoms with Crippen molar-refractivity contribution in [3.8, 4) is 18.1 Å². The predicted molar refractivity (Wildman–Crippen MR) is 73.4 cm³/mol. The molecule has 17 heavy (non-hydrogen) atoms. The van der Waals surface area contributed by atoms with Crippen LogP contribution in [0.3, 0.4) is 0 Å². The Morgan fingerprint density at radius 3 is 2.71 bits per heavy atom. The van der Waals surface area contributed by atoms with Crippen LogP contribution in [0.25, 0.3) is 0 Å². The van der Waals surface area contributed by atoms with Crippen LogP contribution in [0, 0.1) is 12.3 Å². The Morgan fingerprint density at radius 2 is 2.12 bits per heavy atom. The second-order valence-electron chi connectivity index (χ2n) is 4.39. The number of hydrogen-bond donors (Lipinski definition) is 0. The van der Waals surface area contributed by atoms with Crippen molar-refractivity contribution in [1.82, 2.24) is 0 Å². The van der Waals surface area contributed by atoms with Gasteiger partial charge in [0.15, 0.2) is 0 Å². The van der Waals surface area contributed by atoms with Gasteiger partial charge in [0.25, 0.3) is 0 Å². The Kier molecular flexibility index (Phi) is 5.63. The molecule has 1 aromatic carbocycles. The molecule has 0 aliphatic carbocycles. The number of benzene rings is 1. The van der Waals surface area contributed by atoms with Gasteiger partial charge < -0.3 is 4.74 Å². The van der Waals surface area contributed by atoms with E-state index in [2.05, 4.69) is 32.8 Å². The Bertz CT molecular complexity index is 387. The number of hydrogen-bond acceptors (Lipinski definition) is 1. The molecule has 0 aromatic heterocycles. The number of rotatable bonds is 6. The van der Waals surface area contributed by atoms with Crippen molar-refractivity contribution >= 4 is 0 Å². The molecule has 1 nitrogen and oxygen atoms in total. The summed E-state index contributed by atoms with van der Waals surface area (Å²) in [6.45, 7) is 6.43. The van der Waals surface area contributed by atoms with Gasteiger partial charge in [0.05, 0.1) is 6.10 Å². The molecular formula is C16H22O. The van der Waals surface area contributed by atoms with Crippen molar-refractivity contribution in [1.29, 1.82) is 0 Å². The predicted octanol–water partition coefficient (Wildman–Crippen LogP) is 4.19. The van der Waals surface area contributed by atoms with Crippen LogP contribution in [0.2, 0.25) is 0 Å². The summed E-state index contributed by atoms with van der Waals surface area (Å²) in [5, 5.41) is 0. The molecule has 0 amide bonds. The fourth-order valence-electron chi connectivity index (χ4n) is 1.86. The summed E-state index contributed by atoms with van der Waals surface area (Å²) in [4.78, 5) is 0. The van der Waals surface area contributed by atoms with Gasteiger partial charge in [-0.3, -0.25) is 0 Å². The average molecular weight is 230 g/mol. The Hall–Kier alpha value is -1.42. The van der Waals surface area contributed by atoms with E-state index >= 15 is 0 Å². The van der Waals surface area contributed by atoms with E-state index in [1.165, 1.54) is 18.4 Å². The van der Waals surface area contributed by atoms with E-state index in [1.807, 2.05) is 12.1 Å². The van der Waals surface area contributed by atoms with Gasteiger partial charge in [-0.15, -0.1) is 6.42 Å². The highest BCUT2D eigenvalue weighted by molar-refractivity contribution is 5.44. The molecule has 1 aromatic rings. The zero-order chi connectivity index (χ0) is 12.7. The number of aryl methyl sites for hydroxylation is 1. The van der Waals surface area contributed by atoms with E-state index in [9.17, 15) is 0 Å². The van der Waals surface area contributed by atoms with E-state index in [0.717, 1.165) is 24.2 Å². The van der Waals surface area contributed by atoms with E-state index in [4.69, 9.17) is 11.2 Å². The monoisotopic (exact) mass is 230 g/mol. The molecule has 0 aliphatic heterocycles. The van der Waals surface area contributed by atoms with Crippen LogP contribution in [0.5, 0.6) is 5.75 Å². The van der Waals surface area contributed by atoms with Crippen LogP contribution >= 0.6 is 0 Å². The van der Waals surface area contributed by atoms with E-state index < -0.39 is 0 Å². The fraction of sp³-hybridized carbons (Fsp3) is 0.500. The van der Waals surface area contributed by atoms with Crippen LogP contribution in [0.4, 0.5) is 0 Å². The van der Waals surface area contributed by atoms with Crippen molar-refractivity contribution in [2.45, 2.75) is 52.6 Å². The Morgan fingerprint density at radius 1 is 1.35 bits per heavy atom. The first-order valence-electron chi connectivity index (χ1n) is 6.47. The molecule has 0 heterocycles. The van der Waals surface area contributed by atoms with Gasteiger partial charge >= 0.3 is 0 Å². The molecule has 0 fully saturated rings. The van der Waals surface area contributed by atoms with Crippen LogP contribution in [-0.4, -0.2) is 6.10 Å². The molecule has 92 valence electrons. The van der Waals surface area contributed by atoms with Gasteiger partial charge in [-0.05, 0) is 43.5 Å². The molecule has 1 atom stereocenters. The third kappa shape index (κ3) is 4.15. The summed E-state index contributed by atoms with van der Waals surface area (Å²) in [7, 11) is 0. The lowest BCUT2D eigenvalue weighted by molar-refractivity contribution is 0.207. The first kappa shape index (κ1) is 13.6. The molecule has 0 saturated heterocycles. The molecule has 0 radical (unpaired) electrons. The van der Waals surface area contributed by atoms with Gasteiger partial charge in [-0.1, -0.05) is 32.6 Å². The minimum absolute atomic E-state index is 0.274. The molecule has 0 N–H and O–H groups in total. The maximum atomic E-state index is 5.89. The number of terminal acetylenes is 1. The fourth-order valence-corrected chi connectivity index (χ4v) is 1.86.